The number of carboxylic acid groups (broad SMARTS) is 2. The first-order valence-electron chi connectivity index (χ1n) is 13.9. The Labute approximate surface area is 221 Å². The molecule has 1 saturated carbocycles. The molecule has 10 nitrogen and oxygen atoms in total. The summed E-state index contributed by atoms with van der Waals surface area (Å²) in [6.07, 6.45) is 12.0. The van der Waals surface area contributed by atoms with Crippen LogP contribution in [-0.2, 0) is 9.59 Å². The third-order valence-electron chi connectivity index (χ3n) is 8.62. The molecule has 3 N–H and O–H groups in total. The van der Waals surface area contributed by atoms with Crippen LogP contribution in [0.25, 0.3) is 11.0 Å². The summed E-state index contributed by atoms with van der Waals surface area (Å²) in [6.45, 7) is 0. The van der Waals surface area contributed by atoms with Crippen LogP contribution in [0.1, 0.15) is 93.6 Å². The number of carboxylic acids is 2. The van der Waals surface area contributed by atoms with Gasteiger partial charge in [0.05, 0.1) is 17.5 Å². The molecule has 1 aliphatic carbocycles. The van der Waals surface area contributed by atoms with Crippen molar-refractivity contribution in [2.45, 2.75) is 107 Å². The van der Waals surface area contributed by atoms with E-state index >= 15 is 0 Å². The molecular weight excluding hydrogens is 488 g/mol. The predicted octanol–water partition coefficient (Wildman–Crippen LogP) is 3.34. The molecule has 2 aliphatic heterocycles. The van der Waals surface area contributed by atoms with Crippen LogP contribution in [0.2, 0.25) is 0 Å². The Kier molecular flexibility index (Phi) is 7.78. The van der Waals surface area contributed by atoms with Crippen LogP contribution in [0.3, 0.4) is 0 Å². The van der Waals surface area contributed by atoms with Crippen LogP contribution in [0.4, 0.5) is 0 Å². The summed E-state index contributed by atoms with van der Waals surface area (Å²) in [4.78, 5) is 56.4. The number of aromatic nitrogens is 2. The van der Waals surface area contributed by atoms with Crippen molar-refractivity contribution in [3.63, 3.8) is 0 Å². The van der Waals surface area contributed by atoms with Crippen molar-refractivity contribution in [1.29, 1.82) is 0 Å². The molecule has 3 aliphatic rings. The standard InChI is InChI=1S/C28H36N4O6/c33-24(34)16-22(28(37)38)30-26(35)25-27(36)32(23-11-7-6-10-21(23)29-25)20-14-18-12-13-19(15-20)31(18)17-8-4-2-1-3-5-9-17/h6-7,10-11,17-20,22H,1-5,8-9,12-16H2,(H,30,35)(H,33,34)(H,37,38)/t18-,19?,20?,22?/m1/s1. The van der Waals surface area contributed by atoms with Gasteiger partial charge in [-0.1, -0.05) is 44.2 Å². The topological polar surface area (TPSA) is 142 Å². The summed E-state index contributed by atoms with van der Waals surface area (Å²) >= 11 is 0. The zero-order valence-electron chi connectivity index (χ0n) is 21.6. The molecule has 1 amide bonds. The van der Waals surface area contributed by atoms with Gasteiger partial charge >= 0.3 is 11.9 Å². The van der Waals surface area contributed by atoms with Crippen LogP contribution in [-0.4, -0.2) is 66.7 Å². The number of piperidine rings is 1. The van der Waals surface area contributed by atoms with Gasteiger partial charge < -0.3 is 20.1 Å². The Morgan fingerprint density at radius 1 is 0.895 bits per heavy atom. The number of aliphatic carboxylic acids is 2. The lowest BCUT2D eigenvalue weighted by molar-refractivity contribution is -0.145. The van der Waals surface area contributed by atoms with Gasteiger partial charge in [0.2, 0.25) is 0 Å². The Hall–Kier alpha value is -3.27. The van der Waals surface area contributed by atoms with Gasteiger partial charge in [-0.05, 0) is 50.7 Å². The van der Waals surface area contributed by atoms with Gasteiger partial charge in [0, 0.05) is 24.2 Å². The van der Waals surface area contributed by atoms with Crippen molar-refractivity contribution in [2.24, 2.45) is 0 Å². The monoisotopic (exact) mass is 524 g/mol. The first kappa shape index (κ1) is 26.3. The number of para-hydroxylation sites is 2. The van der Waals surface area contributed by atoms with Crippen LogP contribution < -0.4 is 10.9 Å². The third-order valence-corrected chi connectivity index (χ3v) is 8.62. The molecule has 1 aromatic heterocycles. The number of nitrogens with zero attached hydrogens (tertiary/aromatic N) is 3. The first-order valence-corrected chi connectivity index (χ1v) is 13.9. The van der Waals surface area contributed by atoms with E-state index < -0.39 is 41.6 Å². The fraction of sp³-hybridized carbons (Fsp3) is 0.607. The van der Waals surface area contributed by atoms with E-state index in [2.05, 4.69) is 15.2 Å². The van der Waals surface area contributed by atoms with E-state index in [1.54, 1.807) is 16.7 Å². The van der Waals surface area contributed by atoms with Crippen molar-refractivity contribution in [1.82, 2.24) is 19.8 Å². The van der Waals surface area contributed by atoms with Crippen molar-refractivity contribution < 1.29 is 24.6 Å². The van der Waals surface area contributed by atoms with E-state index in [1.165, 1.54) is 44.9 Å². The number of carbonyl (C=O) groups excluding carboxylic acids is 1. The lowest BCUT2D eigenvalue weighted by Crippen LogP contribution is -2.50. The second-order valence-electron chi connectivity index (χ2n) is 11.0. The number of nitrogens with one attached hydrogen (secondary N) is 1. The van der Waals surface area contributed by atoms with E-state index in [-0.39, 0.29) is 6.04 Å². The quantitative estimate of drug-likeness (QED) is 0.501. The summed E-state index contributed by atoms with van der Waals surface area (Å²) in [5, 5.41) is 20.6. The average molecular weight is 525 g/mol. The highest BCUT2D eigenvalue weighted by Gasteiger charge is 2.44. The molecule has 5 rings (SSSR count). The number of amides is 1. The molecule has 0 spiro atoms. The van der Waals surface area contributed by atoms with Crippen LogP contribution >= 0.6 is 0 Å². The lowest BCUT2D eigenvalue weighted by atomic mass is 9.89. The van der Waals surface area contributed by atoms with Gasteiger partial charge in [0.15, 0.2) is 5.69 Å². The Bertz CT molecular complexity index is 1250. The Morgan fingerprint density at radius 3 is 2.16 bits per heavy atom. The Morgan fingerprint density at radius 2 is 1.53 bits per heavy atom. The summed E-state index contributed by atoms with van der Waals surface area (Å²) in [5.41, 5.74) is 0.148. The van der Waals surface area contributed by atoms with Crippen molar-refractivity contribution in [2.75, 3.05) is 0 Å². The molecule has 10 heteroatoms. The molecule has 204 valence electrons. The van der Waals surface area contributed by atoms with E-state index in [0.717, 1.165) is 25.7 Å². The minimum atomic E-state index is -1.66. The van der Waals surface area contributed by atoms with Gasteiger partial charge in [0.25, 0.3) is 11.5 Å². The van der Waals surface area contributed by atoms with E-state index in [0.29, 0.717) is 29.2 Å². The summed E-state index contributed by atoms with van der Waals surface area (Å²) in [7, 11) is 0. The van der Waals surface area contributed by atoms with Crippen molar-refractivity contribution in [3.8, 4) is 0 Å². The largest absolute Gasteiger partial charge is 0.481 e. The highest BCUT2D eigenvalue weighted by molar-refractivity contribution is 5.97. The zero-order chi connectivity index (χ0) is 26.8. The molecule has 4 atom stereocenters. The second-order valence-corrected chi connectivity index (χ2v) is 11.0. The zero-order valence-corrected chi connectivity index (χ0v) is 21.6. The minimum absolute atomic E-state index is 0.0986. The number of hydrogen-bond donors (Lipinski definition) is 3. The molecule has 38 heavy (non-hydrogen) atoms. The fourth-order valence-corrected chi connectivity index (χ4v) is 6.99. The van der Waals surface area contributed by atoms with Gasteiger partial charge in [0.1, 0.15) is 6.04 Å². The van der Waals surface area contributed by atoms with Gasteiger partial charge in [-0.15, -0.1) is 0 Å². The van der Waals surface area contributed by atoms with E-state index in [9.17, 15) is 24.3 Å². The second kappa shape index (κ2) is 11.2. The first-order chi connectivity index (χ1) is 18.3. The maximum Gasteiger partial charge on any atom is 0.326 e. The predicted molar refractivity (Wildman–Crippen MR) is 140 cm³/mol. The Balaban J connectivity index is 1.45. The number of benzene rings is 1. The molecular formula is C28H36N4O6. The van der Waals surface area contributed by atoms with E-state index in [1.807, 2.05) is 12.1 Å². The molecule has 2 aromatic rings. The molecule has 3 fully saturated rings. The maximum atomic E-state index is 13.8. The van der Waals surface area contributed by atoms with Crippen molar-refractivity contribution in [3.05, 3.63) is 40.3 Å². The summed E-state index contributed by atoms with van der Waals surface area (Å²) in [6, 6.07) is 6.80. The smallest absolute Gasteiger partial charge is 0.326 e. The molecule has 3 unspecified atom stereocenters. The molecule has 0 radical (unpaired) electrons. The normalized spacial score (nSPS) is 25.4. The SMILES string of the molecule is O=C(O)CC(NC(=O)c1nc2ccccc2n(C2CC3CC[C@H](C2)N3C2CCCCCCC2)c1=O)C(=O)O. The average Bonchev–Trinajstić information content (AvgIpc) is 3.11. The highest BCUT2D eigenvalue weighted by atomic mass is 16.4. The minimum Gasteiger partial charge on any atom is -0.481 e. The number of fused-ring (bicyclic) bond motifs is 3. The summed E-state index contributed by atoms with van der Waals surface area (Å²) < 4.78 is 1.69. The molecule has 2 saturated heterocycles. The van der Waals surface area contributed by atoms with Crippen molar-refractivity contribution >= 4 is 28.9 Å². The van der Waals surface area contributed by atoms with E-state index in [4.69, 9.17) is 5.11 Å². The molecule has 3 heterocycles. The fourth-order valence-electron chi connectivity index (χ4n) is 6.99. The highest BCUT2D eigenvalue weighted by Crippen LogP contribution is 2.44. The maximum absolute atomic E-state index is 13.8. The summed E-state index contributed by atoms with van der Waals surface area (Å²) in [5.74, 6) is -3.83. The van der Waals surface area contributed by atoms with Gasteiger partial charge in [-0.25, -0.2) is 9.78 Å². The van der Waals surface area contributed by atoms with Gasteiger partial charge in [-0.2, -0.15) is 0 Å². The third kappa shape index (κ3) is 5.32. The molecule has 2 bridgehead atoms. The lowest BCUT2D eigenvalue weighted by Gasteiger charge is -2.45. The van der Waals surface area contributed by atoms with Crippen LogP contribution in [0.5, 0.6) is 0 Å². The van der Waals surface area contributed by atoms with Crippen LogP contribution in [0.15, 0.2) is 29.1 Å². The van der Waals surface area contributed by atoms with Crippen LogP contribution in [0, 0.1) is 0 Å². The van der Waals surface area contributed by atoms with Gasteiger partial charge in [-0.3, -0.25) is 19.3 Å². The molecule has 1 aromatic carbocycles. The number of carbonyl (C=O) groups is 3. The number of rotatable bonds is 7. The number of hydrogen-bond acceptors (Lipinski definition) is 6.